The van der Waals surface area contributed by atoms with E-state index in [2.05, 4.69) is 4.98 Å². The van der Waals surface area contributed by atoms with Crippen molar-refractivity contribution in [3.05, 3.63) is 17.4 Å². The minimum Gasteiger partial charge on any atom is -0.492 e. The Morgan fingerprint density at radius 2 is 2.33 bits per heavy atom. The summed E-state index contributed by atoms with van der Waals surface area (Å²) < 4.78 is 12.6. The molecule has 1 aromatic rings. The molecule has 0 fully saturated rings. The van der Waals surface area contributed by atoms with Gasteiger partial charge in [-0.2, -0.15) is 0 Å². The van der Waals surface area contributed by atoms with Crippen LogP contribution in [0.4, 0.5) is 0 Å². The van der Waals surface area contributed by atoms with Crippen molar-refractivity contribution in [3.8, 4) is 5.75 Å². The third-order valence-corrected chi connectivity index (χ3v) is 2.61. The van der Waals surface area contributed by atoms with E-state index in [9.17, 15) is 0 Å². The average Bonchev–Trinajstić information content (AvgIpc) is 2.03. The van der Waals surface area contributed by atoms with Gasteiger partial charge in [0.15, 0.2) is 10.9 Å². The standard InChI is InChI=1S/C7H9ClN2OS/c1-11-6-5(12(2)9)3-4-10-7(6)8/h3-4,9H,1-2H3. The van der Waals surface area contributed by atoms with E-state index in [1.807, 2.05) is 0 Å². The first-order chi connectivity index (χ1) is 5.66. The molecule has 0 saturated carbocycles. The number of ether oxygens (including phenoxy) is 1. The summed E-state index contributed by atoms with van der Waals surface area (Å²) in [6, 6.07) is 1.75. The molecule has 1 N–H and O–H groups in total. The highest BCUT2D eigenvalue weighted by atomic mass is 35.5. The molecule has 0 aliphatic carbocycles. The zero-order chi connectivity index (χ0) is 9.14. The highest BCUT2D eigenvalue weighted by Gasteiger charge is 2.08. The Bertz CT molecular complexity index is 316. The van der Waals surface area contributed by atoms with Crippen LogP contribution in [0.3, 0.4) is 0 Å². The molecular formula is C7H9ClN2OS. The fourth-order valence-corrected chi connectivity index (χ4v) is 1.85. The quantitative estimate of drug-likeness (QED) is 0.751. The van der Waals surface area contributed by atoms with Crippen molar-refractivity contribution in [1.82, 2.24) is 4.98 Å². The van der Waals surface area contributed by atoms with Crippen LogP contribution in [0.5, 0.6) is 5.75 Å². The summed E-state index contributed by atoms with van der Waals surface area (Å²) in [5, 5.41) is 0.321. The fourth-order valence-electron chi connectivity index (χ4n) is 0.832. The molecule has 1 heterocycles. The molecule has 3 nitrogen and oxygen atoms in total. The molecule has 0 aliphatic heterocycles. The maximum atomic E-state index is 7.52. The number of methoxy groups -OCH3 is 1. The van der Waals surface area contributed by atoms with Gasteiger partial charge < -0.3 is 4.74 Å². The van der Waals surface area contributed by atoms with Crippen LogP contribution >= 0.6 is 11.6 Å². The molecule has 0 amide bonds. The Morgan fingerprint density at radius 3 is 2.75 bits per heavy atom. The van der Waals surface area contributed by atoms with Gasteiger partial charge in [0.25, 0.3) is 0 Å². The molecule has 5 heteroatoms. The van der Waals surface area contributed by atoms with Gasteiger partial charge in [0, 0.05) is 6.20 Å². The molecule has 1 rings (SSSR count). The molecule has 0 saturated heterocycles. The second-order valence-electron chi connectivity index (χ2n) is 2.14. The lowest BCUT2D eigenvalue weighted by atomic mass is 10.4. The van der Waals surface area contributed by atoms with Crippen molar-refractivity contribution in [3.63, 3.8) is 0 Å². The van der Waals surface area contributed by atoms with E-state index in [1.54, 1.807) is 18.5 Å². The second-order valence-corrected chi connectivity index (χ2v) is 3.96. The summed E-state index contributed by atoms with van der Waals surface area (Å²) in [6.07, 6.45) is 3.37. The highest BCUT2D eigenvalue weighted by Crippen LogP contribution is 2.27. The van der Waals surface area contributed by atoms with Gasteiger partial charge in [0.05, 0.1) is 12.0 Å². The van der Waals surface area contributed by atoms with Gasteiger partial charge in [-0.3, -0.25) is 4.78 Å². The molecule has 12 heavy (non-hydrogen) atoms. The van der Waals surface area contributed by atoms with E-state index in [4.69, 9.17) is 21.1 Å². The van der Waals surface area contributed by atoms with Gasteiger partial charge in [-0.15, -0.1) is 0 Å². The summed E-state index contributed by atoms with van der Waals surface area (Å²) in [6.45, 7) is 0. The monoisotopic (exact) mass is 204 g/mol. The molecule has 0 aliphatic rings. The lowest BCUT2D eigenvalue weighted by molar-refractivity contribution is 0.403. The summed E-state index contributed by atoms with van der Waals surface area (Å²) in [7, 11) is 0.927. The summed E-state index contributed by atoms with van der Waals surface area (Å²) >= 11 is 5.76. The van der Waals surface area contributed by atoms with Crippen LogP contribution in [0.2, 0.25) is 5.15 Å². The number of hydrogen-bond donors (Lipinski definition) is 1. The minimum atomic E-state index is -0.600. The second kappa shape index (κ2) is 3.87. The third kappa shape index (κ3) is 1.76. The van der Waals surface area contributed by atoms with Crippen LogP contribution in [-0.2, 0) is 10.7 Å². The Balaban J connectivity index is 3.27. The number of aromatic nitrogens is 1. The van der Waals surface area contributed by atoms with Crippen LogP contribution in [0.25, 0.3) is 0 Å². The highest BCUT2D eigenvalue weighted by molar-refractivity contribution is 7.85. The van der Waals surface area contributed by atoms with Crippen molar-refractivity contribution in [1.29, 1.82) is 4.78 Å². The van der Waals surface area contributed by atoms with E-state index >= 15 is 0 Å². The first-order valence-corrected chi connectivity index (χ1v) is 5.23. The lowest BCUT2D eigenvalue weighted by Gasteiger charge is -2.07. The van der Waals surface area contributed by atoms with Gasteiger partial charge in [0.2, 0.25) is 0 Å². The van der Waals surface area contributed by atoms with Crippen LogP contribution in [0, 0.1) is 4.78 Å². The normalized spacial score (nSPS) is 12.6. The van der Waals surface area contributed by atoms with Crippen molar-refractivity contribution in [2.75, 3.05) is 13.4 Å². The van der Waals surface area contributed by atoms with Crippen LogP contribution < -0.4 is 4.74 Å². The molecule has 1 aromatic heterocycles. The van der Waals surface area contributed by atoms with Crippen LogP contribution in [0.1, 0.15) is 0 Å². The summed E-state index contributed by atoms with van der Waals surface area (Å²) in [4.78, 5) is 4.64. The van der Waals surface area contributed by atoms with E-state index < -0.39 is 10.7 Å². The molecular weight excluding hydrogens is 196 g/mol. The Morgan fingerprint density at radius 1 is 1.67 bits per heavy atom. The Kier molecular flexibility index (Phi) is 3.05. The van der Waals surface area contributed by atoms with Crippen molar-refractivity contribution in [2.45, 2.75) is 4.90 Å². The predicted molar refractivity (Wildman–Crippen MR) is 50.1 cm³/mol. The summed E-state index contributed by atoms with van der Waals surface area (Å²) in [5.41, 5.74) is 0. The Hall–Kier alpha value is -0.610. The molecule has 1 atom stereocenters. The maximum Gasteiger partial charge on any atom is 0.172 e. The lowest BCUT2D eigenvalue weighted by Crippen LogP contribution is -1.94. The number of nitrogens with one attached hydrogen (secondary N) is 1. The van der Waals surface area contributed by atoms with Gasteiger partial charge in [-0.05, 0) is 12.3 Å². The largest absolute Gasteiger partial charge is 0.492 e. The molecule has 0 aromatic carbocycles. The predicted octanol–water partition coefficient (Wildman–Crippen LogP) is 2.11. The fraction of sp³-hybridized carbons (Fsp3) is 0.286. The smallest absolute Gasteiger partial charge is 0.172 e. The number of nitrogens with zero attached hydrogens (tertiary/aromatic N) is 1. The molecule has 66 valence electrons. The van der Waals surface area contributed by atoms with Gasteiger partial charge in [-0.1, -0.05) is 22.3 Å². The Labute approximate surface area is 78.6 Å². The zero-order valence-corrected chi connectivity index (χ0v) is 8.37. The molecule has 0 bridgehead atoms. The third-order valence-electron chi connectivity index (χ3n) is 1.36. The van der Waals surface area contributed by atoms with Gasteiger partial charge in [0.1, 0.15) is 0 Å². The van der Waals surface area contributed by atoms with Gasteiger partial charge >= 0.3 is 0 Å². The van der Waals surface area contributed by atoms with E-state index in [1.165, 1.54) is 7.11 Å². The first kappa shape index (κ1) is 9.48. The van der Waals surface area contributed by atoms with E-state index in [0.717, 1.165) is 4.90 Å². The number of halogens is 1. The van der Waals surface area contributed by atoms with Crippen molar-refractivity contribution in [2.24, 2.45) is 0 Å². The number of pyridine rings is 1. The summed E-state index contributed by atoms with van der Waals surface area (Å²) in [5.74, 6) is 0.514. The van der Waals surface area contributed by atoms with Crippen molar-refractivity contribution < 1.29 is 4.74 Å². The molecule has 0 spiro atoms. The topological polar surface area (TPSA) is 46.0 Å². The number of rotatable bonds is 2. The van der Waals surface area contributed by atoms with E-state index in [-0.39, 0.29) is 0 Å². The molecule has 1 unspecified atom stereocenters. The molecule has 0 radical (unpaired) electrons. The SMILES string of the molecule is COc1c(S(C)=N)ccnc1Cl. The van der Waals surface area contributed by atoms with Crippen LogP contribution in [0.15, 0.2) is 17.2 Å². The minimum absolute atomic E-state index is 0.321. The average molecular weight is 205 g/mol. The zero-order valence-electron chi connectivity index (χ0n) is 6.80. The van der Waals surface area contributed by atoms with E-state index in [0.29, 0.717) is 10.9 Å². The van der Waals surface area contributed by atoms with Crippen LogP contribution in [-0.4, -0.2) is 18.3 Å². The van der Waals surface area contributed by atoms with Crippen molar-refractivity contribution >= 4 is 22.3 Å². The first-order valence-electron chi connectivity index (χ1n) is 3.22. The van der Waals surface area contributed by atoms with Gasteiger partial charge in [-0.25, -0.2) is 4.98 Å². The number of hydrogen-bond acceptors (Lipinski definition) is 3. The maximum absolute atomic E-state index is 7.52.